The number of benzene rings is 2. The third-order valence-corrected chi connectivity index (χ3v) is 5.29. The lowest BCUT2D eigenvalue weighted by Gasteiger charge is -2.15. The fraction of sp³-hybridized carbons (Fsp3) is 0.227. The van der Waals surface area contributed by atoms with Crippen LogP contribution in [0.25, 0.3) is 10.6 Å². The average molecular weight is 394 g/mol. The Hall–Kier alpha value is -2.99. The number of thiazole rings is 1. The lowest BCUT2D eigenvalue weighted by Crippen LogP contribution is -2.30. The zero-order valence-corrected chi connectivity index (χ0v) is 17.1. The first kappa shape index (κ1) is 19.8. The van der Waals surface area contributed by atoms with Gasteiger partial charge in [0.2, 0.25) is 0 Å². The van der Waals surface area contributed by atoms with Gasteiger partial charge in [-0.15, -0.1) is 11.3 Å². The van der Waals surface area contributed by atoms with Gasteiger partial charge in [-0.3, -0.25) is 4.79 Å². The number of aromatic nitrogens is 1. The highest BCUT2D eigenvalue weighted by Crippen LogP contribution is 2.25. The summed E-state index contributed by atoms with van der Waals surface area (Å²) in [6.45, 7) is 7.40. The minimum Gasteiger partial charge on any atom is -0.448 e. The Labute approximate surface area is 168 Å². The Kier molecular flexibility index (Phi) is 5.90. The maximum absolute atomic E-state index is 12.4. The number of carbonyl (C=O) groups is 2. The fourth-order valence-corrected chi connectivity index (χ4v) is 3.50. The number of para-hydroxylation sites is 1. The van der Waals surface area contributed by atoms with E-state index in [9.17, 15) is 9.59 Å². The van der Waals surface area contributed by atoms with E-state index < -0.39 is 12.1 Å². The predicted octanol–water partition coefficient (Wildman–Crippen LogP) is 4.92. The van der Waals surface area contributed by atoms with Gasteiger partial charge in [0.25, 0.3) is 5.91 Å². The minimum absolute atomic E-state index is 0.201. The van der Waals surface area contributed by atoms with Crippen LogP contribution in [0, 0.1) is 20.8 Å². The van der Waals surface area contributed by atoms with Crippen molar-refractivity contribution in [3.63, 3.8) is 0 Å². The monoisotopic (exact) mass is 394 g/mol. The highest BCUT2D eigenvalue weighted by Gasteiger charge is 2.22. The third kappa shape index (κ3) is 4.46. The van der Waals surface area contributed by atoms with Crippen molar-refractivity contribution in [2.24, 2.45) is 0 Å². The van der Waals surface area contributed by atoms with Gasteiger partial charge in [0.05, 0.1) is 0 Å². The summed E-state index contributed by atoms with van der Waals surface area (Å²) in [6.07, 6.45) is -0.934. The highest BCUT2D eigenvalue weighted by atomic mass is 32.1. The number of ether oxygens (including phenoxy) is 1. The van der Waals surface area contributed by atoms with Crippen LogP contribution in [0.4, 0.5) is 5.69 Å². The Balaban J connectivity index is 1.65. The molecular formula is C22H22N2O3S. The van der Waals surface area contributed by atoms with Crippen LogP contribution >= 0.6 is 11.3 Å². The summed E-state index contributed by atoms with van der Waals surface area (Å²) in [4.78, 5) is 29.2. The van der Waals surface area contributed by atoms with Crippen molar-refractivity contribution in [3.8, 4) is 10.6 Å². The molecule has 3 rings (SSSR count). The van der Waals surface area contributed by atoms with Gasteiger partial charge in [0.1, 0.15) is 5.01 Å². The van der Waals surface area contributed by atoms with E-state index in [0.29, 0.717) is 0 Å². The number of nitrogens with one attached hydrogen (secondary N) is 1. The first-order valence-electron chi connectivity index (χ1n) is 8.96. The molecule has 1 amide bonds. The fourth-order valence-electron chi connectivity index (χ4n) is 2.71. The third-order valence-electron chi connectivity index (χ3n) is 4.39. The number of aryl methyl sites for hydroxylation is 3. The number of amides is 1. The molecule has 6 heteroatoms. The van der Waals surface area contributed by atoms with E-state index in [0.717, 1.165) is 32.9 Å². The second kappa shape index (κ2) is 8.35. The van der Waals surface area contributed by atoms with Gasteiger partial charge in [-0.05, 0) is 38.8 Å². The number of hydrogen-bond donors (Lipinski definition) is 1. The molecule has 5 nitrogen and oxygen atoms in total. The van der Waals surface area contributed by atoms with Gasteiger partial charge in [0.15, 0.2) is 11.8 Å². The van der Waals surface area contributed by atoms with Gasteiger partial charge in [-0.2, -0.15) is 0 Å². The zero-order valence-electron chi connectivity index (χ0n) is 16.3. The van der Waals surface area contributed by atoms with Crippen molar-refractivity contribution < 1.29 is 14.3 Å². The molecular weight excluding hydrogens is 372 g/mol. The molecule has 1 unspecified atom stereocenters. The molecule has 0 bridgehead atoms. The van der Waals surface area contributed by atoms with E-state index in [-0.39, 0.29) is 11.6 Å². The lowest BCUT2D eigenvalue weighted by molar-refractivity contribution is -0.123. The largest absolute Gasteiger partial charge is 0.448 e. The van der Waals surface area contributed by atoms with Crippen LogP contribution in [0.1, 0.15) is 34.1 Å². The van der Waals surface area contributed by atoms with Crippen LogP contribution in [0.15, 0.2) is 47.8 Å². The van der Waals surface area contributed by atoms with Gasteiger partial charge in [-0.25, -0.2) is 9.78 Å². The molecule has 1 N–H and O–H groups in total. The smallest absolute Gasteiger partial charge is 0.358 e. The molecule has 0 radical (unpaired) electrons. The van der Waals surface area contributed by atoms with Gasteiger partial charge in [-0.1, -0.05) is 48.0 Å². The number of anilines is 1. The number of rotatable bonds is 5. The molecule has 0 fully saturated rings. The standard InChI is InChI=1S/C22H22N2O3S/c1-13-8-10-17(11-9-13)21-23-18(12-28-21)22(26)27-16(4)20(25)24-19-14(2)6-5-7-15(19)3/h5-12,16H,1-4H3,(H,24,25). The van der Waals surface area contributed by atoms with Crippen LogP contribution in [0.3, 0.4) is 0 Å². The Morgan fingerprint density at radius 2 is 1.68 bits per heavy atom. The summed E-state index contributed by atoms with van der Waals surface area (Å²) in [5.74, 6) is -0.987. The maximum atomic E-state index is 12.4. The van der Waals surface area contributed by atoms with Gasteiger partial charge >= 0.3 is 5.97 Å². The van der Waals surface area contributed by atoms with E-state index in [1.54, 1.807) is 12.3 Å². The van der Waals surface area contributed by atoms with Gasteiger partial charge < -0.3 is 10.1 Å². The predicted molar refractivity (Wildman–Crippen MR) is 112 cm³/mol. The van der Waals surface area contributed by atoms with E-state index in [1.165, 1.54) is 11.3 Å². The summed E-state index contributed by atoms with van der Waals surface area (Å²) in [5, 5.41) is 5.22. The highest BCUT2D eigenvalue weighted by molar-refractivity contribution is 7.13. The van der Waals surface area contributed by atoms with Crippen molar-refractivity contribution >= 4 is 28.9 Å². The molecule has 3 aromatic rings. The summed E-state index contributed by atoms with van der Waals surface area (Å²) < 4.78 is 5.31. The van der Waals surface area contributed by atoms with Crippen molar-refractivity contribution in [2.45, 2.75) is 33.8 Å². The zero-order chi connectivity index (χ0) is 20.3. The summed E-state index contributed by atoms with van der Waals surface area (Å²) in [6, 6.07) is 13.7. The SMILES string of the molecule is Cc1ccc(-c2nc(C(=O)OC(C)C(=O)Nc3c(C)cccc3C)cs2)cc1. The van der Waals surface area contributed by atoms with Crippen molar-refractivity contribution in [3.05, 3.63) is 70.2 Å². The second-order valence-electron chi connectivity index (χ2n) is 6.71. The molecule has 2 aromatic carbocycles. The molecule has 0 saturated carbocycles. The van der Waals surface area contributed by atoms with Crippen molar-refractivity contribution in [2.75, 3.05) is 5.32 Å². The molecule has 0 aliphatic rings. The quantitative estimate of drug-likeness (QED) is 0.624. The topological polar surface area (TPSA) is 68.3 Å². The van der Waals surface area contributed by atoms with Crippen LogP contribution in [0.5, 0.6) is 0 Å². The minimum atomic E-state index is -0.934. The molecule has 0 aliphatic carbocycles. The molecule has 28 heavy (non-hydrogen) atoms. The summed E-state index contributed by atoms with van der Waals surface area (Å²) >= 11 is 1.37. The first-order chi connectivity index (χ1) is 13.3. The normalized spacial score (nSPS) is 11.7. The first-order valence-corrected chi connectivity index (χ1v) is 9.83. The summed E-state index contributed by atoms with van der Waals surface area (Å²) in [7, 11) is 0. The van der Waals surface area contributed by atoms with Crippen LogP contribution in [0.2, 0.25) is 0 Å². The number of nitrogens with zero attached hydrogens (tertiary/aromatic N) is 1. The van der Waals surface area contributed by atoms with Crippen LogP contribution in [-0.4, -0.2) is 23.0 Å². The van der Waals surface area contributed by atoms with Crippen LogP contribution in [-0.2, 0) is 9.53 Å². The molecule has 144 valence electrons. The maximum Gasteiger partial charge on any atom is 0.358 e. The molecule has 0 aliphatic heterocycles. The molecule has 0 saturated heterocycles. The van der Waals surface area contributed by atoms with Gasteiger partial charge in [0, 0.05) is 16.6 Å². The number of hydrogen-bond acceptors (Lipinski definition) is 5. The Bertz CT molecular complexity index is 989. The Morgan fingerprint density at radius 3 is 2.32 bits per heavy atom. The average Bonchev–Trinajstić information content (AvgIpc) is 3.15. The van der Waals surface area contributed by atoms with Crippen molar-refractivity contribution in [1.82, 2.24) is 4.98 Å². The van der Waals surface area contributed by atoms with E-state index in [1.807, 2.05) is 63.2 Å². The van der Waals surface area contributed by atoms with E-state index in [4.69, 9.17) is 4.74 Å². The number of carbonyl (C=O) groups excluding carboxylic acids is 2. The van der Waals surface area contributed by atoms with E-state index >= 15 is 0 Å². The molecule has 0 spiro atoms. The lowest BCUT2D eigenvalue weighted by atomic mass is 10.1. The molecule has 1 atom stereocenters. The molecule has 1 heterocycles. The molecule has 1 aromatic heterocycles. The van der Waals surface area contributed by atoms with Crippen LogP contribution < -0.4 is 5.32 Å². The number of esters is 1. The summed E-state index contributed by atoms with van der Waals surface area (Å²) in [5.41, 5.74) is 4.94. The second-order valence-corrected chi connectivity index (χ2v) is 7.57. The Morgan fingerprint density at radius 1 is 1.04 bits per heavy atom. The van der Waals surface area contributed by atoms with Crippen molar-refractivity contribution in [1.29, 1.82) is 0 Å². The van der Waals surface area contributed by atoms with E-state index in [2.05, 4.69) is 10.3 Å².